The van der Waals surface area contributed by atoms with Crippen molar-refractivity contribution < 1.29 is 32.6 Å². The standard InChI is InChI=1S/C11H11F4NO3/c12-8-2-1-6(10(18)19)3-7(8)4-16-5-9(17)11(13,14)15/h1-3,9,16-17H,4-5H2,(H,18,19). The first-order chi connectivity index (χ1) is 8.71. The molecule has 0 radical (unpaired) electrons. The van der Waals surface area contributed by atoms with Crippen molar-refractivity contribution in [2.45, 2.75) is 18.8 Å². The SMILES string of the molecule is O=C(O)c1ccc(F)c(CNCC(O)C(F)(F)F)c1. The number of hydrogen-bond acceptors (Lipinski definition) is 3. The highest BCUT2D eigenvalue weighted by atomic mass is 19.4. The fourth-order valence-electron chi connectivity index (χ4n) is 1.30. The van der Waals surface area contributed by atoms with Crippen LogP contribution in [0.4, 0.5) is 17.6 Å². The van der Waals surface area contributed by atoms with Crippen molar-refractivity contribution >= 4 is 5.97 Å². The average Bonchev–Trinajstić information content (AvgIpc) is 2.29. The minimum absolute atomic E-state index is 0.0886. The molecular formula is C11H11F4NO3. The van der Waals surface area contributed by atoms with Crippen LogP contribution in [0.25, 0.3) is 0 Å². The Labute approximate surface area is 105 Å². The van der Waals surface area contributed by atoms with Crippen LogP contribution < -0.4 is 5.32 Å². The Morgan fingerprint density at radius 1 is 1.37 bits per heavy atom. The molecule has 0 spiro atoms. The summed E-state index contributed by atoms with van der Waals surface area (Å²) in [7, 11) is 0. The molecule has 1 aromatic carbocycles. The molecule has 0 bridgehead atoms. The molecule has 0 aliphatic carbocycles. The lowest BCUT2D eigenvalue weighted by atomic mass is 10.1. The van der Waals surface area contributed by atoms with Crippen LogP contribution in [0.1, 0.15) is 15.9 Å². The summed E-state index contributed by atoms with van der Waals surface area (Å²) in [5.41, 5.74) is -0.260. The molecule has 8 heteroatoms. The quantitative estimate of drug-likeness (QED) is 0.716. The van der Waals surface area contributed by atoms with Crippen molar-refractivity contribution in [3.63, 3.8) is 0 Å². The molecule has 1 aromatic rings. The topological polar surface area (TPSA) is 69.6 Å². The van der Waals surface area contributed by atoms with Gasteiger partial charge in [0.05, 0.1) is 5.56 Å². The molecule has 3 N–H and O–H groups in total. The van der Waals surface area contributed by atoms with Crippen LogP contribution in [0, 0.1) is 5.82 Å². The number of rotatable bonds is 5. The third-order valence-corrected chi connectivity index (χ3v) is 2.32. The maximum atomic E-state index is 13.3. The highest BCUT2D eigenvalue weighted by Crippen LogP contribution is 2.19. The van der Waals surface area contributed by atoms with Crippen LogP contribution >= 0.6 is 0 Å². The molecule has 0 aliphatic heterocycles. The lowest BCUT2D eigenvalue weighted by Gasteiger charge is -2.15. The predicted octanol–water partition coefficient (Wildman–Crippen LogP) is 1.54. The number of aromatic carboxylic acids is 1. The van der Waals surface area contributed by atoms with E-state index in [0.29, 0.717) is 0 Å². The third-order valence-electron chi connectivity index (χ3n) is 2.32. The molecule has 1 unspecified atom stereocenters. The van der Waals surface area contributed by atoms with Crippen molar-refractivity contribution in [3.05, 3.63) is 35.1 Å². The van der Waals surface area contributed by atoms with E-state index in [1.165, 1.54) is 0 Å². The summed E-state index contributed by atoms with van der Waals surface area (Å²) in [6, 6.07) is 2.98. The number of aliphatic hydroxyl groups is 1. The zero-order chi connectivity index (χ0) is 14.6. The van der Waals surface area contributed by atoms with Gasteiger partial charge in [0.2, 0.25) is 0 Å². The van der Waals surface area contributed by atoms with Crippen molar-refractivity contribution in [3.8, 4) is 0 Å². The number of alkyl halides is 3. The molecule has 0 fully saturated rings. The van der Waals surface area contributed by atoms with Crippen LogP contribution in [0.5, 0.6) is 0 Å². The second-order valence-electron chi connectivity index (χ2n) is 3.80. The van der Waals surface area contributed by atoms with Gasteiger partial charge < -0.3 is 15.5 Å². The van der Waals surface area contributed by atoms with Crippen molar-refractivity contribution in [2.24, 2.45) is 0 Å². The number of benzene rings is 1. The Morgan fingerprint density at radius 2 is 2.00 bits per heavy atom. The first-order valence-electron chi connectivity index (χ1n) is 5.19. The first-order valence-corrected chi connectivity index (χ1v) is 5.19. The number of aliphatic hydroxyl groups excluding tert-OH is 1. The van der Waals surface area contributed by atoms with E-state index in [0.717, 1.165) is 18.2 Å². The van der Waals surface area contributed by atoms with Gasteiger partial charge in [-0.05, 0) is 18.2 Å². The van der Waals surface area contributed by atoms with Gasteiger partial charge >= 0.3 is 12.1 Å². The fraction of sp³-hybridized carbons (Fsp3) is 0.364. The molecule has 0 saturated heterocycles. The minimum Gasteiger partial charge on any atom is -0.478 e. The smallest absolute Gasteiger partial charge is 0.415 e. The van der Waals surface area contributed by atoms with Gasteiger partial charge in [0.25, 0.3) is 0 Å². The summed E-state index contributed by atoms with van der Waals surface area (Å²) in [4.78, 5) is 10.6. The molecule has 19 heavy (non-hydrogen) atoms. The second-order valence-corrected chi connectivity index (χ2v) is 3.80. The summed E-state index contributed by atoms with van der Waals surface area (Å²) < 4.78 is 49.2. The van der Waals surface area contributed by atoms with Gasteiger partial charge in [-0.15, -0.1) is 0 Å². The molecule has 0 heterocycles. The molecule has 4 nitrogen and oxygen atoms in total. The van der Waals surface area contributed by atoms with Gasteiger partial charge in [0.15, 0.2) is 6.10 Å². The van der Waals surface area contributed by atoms with Gasteiger partial charge in [0, 0.05) is 18.7 Å². The van der Waals surface area contributed by atoms with E-state index < -0.39 is 30.6 Å². The van der Waals surface area contributed by atoms with E-state index in [2.05, 4.69) is 5.32 Å². The maximum absolute atomic E-state index is 13.3. The Balaban J connectivity index is 2.63. The largest absolute Gasteiger partial charge is 0.478 e. The Kier molecular flexibility index (Phi) is 4.84. The number of carbonyl (C=O) groups is 1. The highest BCUT2D eigenvalue weighted by Gasteiger charge is 2.37. The lowest BCUT2D eigenvalue weighted by molar-refractivity contribution is -0.201. The number of hydrogen-bond donors (Lipinski definition) is 3. The molecule has 1 atom stereocenters. The van der Waals surface area contributed by atoms with E-state index in [1.807, 2.05) is 0 Å². The molecule has 0 amide bonds. The van der Waals surface area contributed by atoms with Crippen LogP contribution in [0.2, 0.25) is 0 Å². The summed E-state index contributed by atoms with van der Waals surface area (Å²) in [6.45, 7) is -1.12. The van der Waals surface area contributed by atoms with Gasteiger partial charge in [-0.1, -0.05) is 0 Å². The molecule has 0 aliphatic rings. The summed E-state index contributed by atoms with van der Waals surface area (Å²) >= 11 is 0. The van der Waals surface area contributed by atoms with Gasteiger partial charge in [0.1, 0.15) is 5.82 Å². The highest BCUT2D eigenvalue weighted by molar-refractivity contribution is 5.87. The van der Waals surface area contributed by atoms with E-state index in [9.17, 15) is 22.4 Å². The molecule has 106 valence electrons. The summed E-state index contributed by atoms with van der Waals surface area (Å²) in [5.74, 6) is -2.00. The van der Waals surface area contributed by atoms with Crippen molar-refractivity contribution in [1.29, 1.82) is 0 Å². The normalized spacial score (nSPS) is 13.3. The van der Waals surface area contributed by atoms with Gasteiger partial charge in [-0.3, -0.25) is 0 Å². The third kappa shape index (κ3) is 4.49. The minimum atomic E-state index is -4.76. The summed E-state index contributed by atoms with van der Waals surface area (Å²) in [5, 5.41) is 19.6. The van der Waals surface area contributed by atoms with Crippen LogP contribution in [0.15, 0.2) is 18.2 Å². The monoisotopic (exact) mass is 281 g/mol. The number of halogens is 4. The first kappa shape index (κ1) is 15.4. The number of carboxylic acids is 1. The Hall–Kier alpha value is -1.67. The van der Waals surface area contributed by atoms with Crippen LogP contribution in [-0.4, -0.2) is 35.0 Å². The number of carboxylic acid groups (broad SMARTS) is 1. The van der Waals surface area contributed by atoms with Gasteiger partial charge in [-0.25, -0.2) is 9.18 Å². The molecule has 1 rings (SSSR count). The van der Waals surface area contributed by atoms with Crippen molar-refractivity contribution in [2.75, 3.05) is 6.54 Å². The van der Waals surface area contributed by atoms with E-state index in [-0.39, 0.29) is 17.7 Å². The van der Waals surface area contributed by atoms with Gasteiger partial charge in [-0.2, -0.15) is 13.2 Å². The Morgan fingerprint density at radius 3 is 2.53 bits per heavy atom. The van der Waals surface area contributed by atoms with E-state index in [1.54, 1.807) is 0 Å². The Bertz CT molecular complexity index is 462. The predicted molar refractivity (Wildman–Crippen MR) is 57.1 cm³/mol. The van der Waals surface area contributed by atoms with E-state index >= 15 is 0 Å². The number of nitrogens with one attached hydrogen (secondary N) is 1. The van der Waals surface area contributed by atoms with E-state index in [4.69, 9.17) is 10.2 Å². The van der Waals surface area contributed by atoms with Crippen LogP contribution in [-0.2, 0) is 6.54 Å². The average molecular weight is 281 g/mol. The second kappa shape index (κ2) is 5.98. The zero-order valence-corrected chi connectivity index (χ0v) is 9.54. The van der Waals surface area contributed by atoms with Crippen molar-refractivity contribution in [1.82, 2.24) is 5.32 Å². The zero-order valence-electron chi connectivity index (χ0n) is 9.54. The van der Waals surface area contributed by atoms with Crippen LogP contribution in [0.3, 0.4) is 0 Å². The molecule has 0 saturated carbocycles. The summed E-state index contributed by atoms with van der Waals surface area (Å²) in [6.07, 6.45) is -7.31. The molecular weight excluding hydrogens is 270 g/mol. The maximum Gasteiger partial charge on any atom is 0.415 e. The fourth-order valence-corrected chi connectivity index (χ4v) is 1.30. The molecule has 0 aromatic heterocycles. The lowest BCUT2D eigenvalue weighted by Crippen LogP contribution is -2.38.